The van der Waals surface area contributed by atoms with Gasteiger partial charge in [0.15, 0.2) is 0 Å². The van der Waals surface area contributed by atoms with E-state index in [1.807, 2.05) is 6.92 Å². The third kappa shape index (κ3) is 4.17. The number of aryl methyl sites for hydroxylation is 1. The predicted molar refractivity (Wildman–Crippen MR) is 81.1 cm³/mol. The first-order valence-corrected chi connectivity index (χ1v) is 7.19. The molecule has 2 rings (SSSR count). The molecule has 6 nitrogen and oxygen atoms in total. The standard InChI is InChI=1S/C13H12ClN3O3S/c1-7-11(21-6-16-7)5-15-13(20)17-10-3-8(12(18)19)2-9(14)4-10/h2-4,6H,5H2,1H3,(H,18,19)(H2,15,17,20). The molecule has 0 saturated heterocycles. The van der Waals surface area contributed by atoms with Crippen LogP contribution in [0, 0.1) is 6.92 Å². The number of nitrogens with one attached hydrogen (secondary N) is 2. The van der Waals surface area contributed by atoms with Crippen LogP contribution in [0.1, 0.15) is 20.9 Å². The Labute approximate surface area is 129 Å². The molecule has 2 aromatic rings. The summed E-state index contributed by atoms with van der Waals surface area (Å²) in [5, 5.41) is 14.4. The van der Waals surface area contributed by atoms with Gasteiger partial charge >= 0.3 is 12.0 Å². The van der Waals surface area contributed by atoms with Gasteiger partial charge in [0.05, 0.1) is 23.3 Å². The summed E-state index contributed by atoms with van der Waals surface area (Å²) in [7, 11) is 0. The maximum Gasteiger partial charge on any atom is 0.335 e. The average molecular weight is 326 g/mol. The van der Waals surface area contributed by atoms with Crippen molar-refractivity contribution in [2.75, 3.05) is 5.32 Å². The van der Waals surface area contributed by atoms with E-state index in [0.29, 0.717) is 12.2 Å². The number of carbonyl (C=O) groups excluding carboxylic acids is 1. The molecule has 0 radical (unpaired) electrons. The molecule has 2 amide bonds. The lowest BCUT2D eigenvalue weighted by Crippen LogP contribution is -2.28. The van der Waals surface area contributed by atoms with Crippen LogP contribution in [0.15, 0.2) is 23.7 Å². The first-order valence-electron chi connectivity index (χ1n) is 5.93. The number of carboxylic acids is 1. The lowest BCUT2D eigenvalue weighted by Gasteiger charge is -2.08. The van der Waals surface area contributed by atoms with Crippen LogP contribution in [0.3, 0.4) is 0 Å². The van der Waals surface area contributed by atoms with Crippen molar-refractivity contribution in [2.24, 2.45) is 0 Å². The van der Waals surface area contributed by atoms with E-state index in [9.17, 15) is 9.59 Å². The molecule has 8 heteroatoms. The molecule has 110 valence electrons. The SMILES string of the molecule is Cc1ncsc1CNC(=O)Nc1cc(Cl)cc(C(=O)O)c1. The maximum absolute atomic E-state index is 11.8. The van der Waals surface area contributed by atoms with E-state index in [1.54, 1.807) is 5.51 Å². The lowest BCUT2D eigenvalue weighted by atomic mass is 10.2. The molecule has 0 aliphatic rings. The normalized spacial score (nSPS) is 10.2. The molecule has 0 atom stereocenters. The van der Waals surface area contributed by atoms with Gasteiger partial charge in [0, 0.05) is 15.6 Å². The van der Waals surface area contributed by atoms with Crippen LogP contribution in [0.2, 0.25) is 5.02 Å². The number of aromatic nitrogens is 1. The summed E-state index contributed by atoms with van der Waals surface area (Å²) in [6.07, 6.45) is 0. The first kappa shape index (κ1) is 15.3. The Kier molecular flexibility index (Phi) is 4.77. The van der Waals surface area contributed by atoms with Crippen molar-refractivity contribution in [3.05, 3.63) is 44.9 Å². The molecule has 0 aliphatic carbocycles. The van der Waals surface area contributed by atoms with Crippen LogP contribution < -0.4 is 10.6 Å². The molecule has 0 aliphatic heterocycles. The summed E-state index contributed by atoms with van der Waals surface area (Å²) in [5.41, 5.74) is 2.91. The maximum atomic E-state index is 11.8. The van der Waals surface area contributed by atoms with Gasteiger partial charge in [-0.1, -0.05) is 11.6 Å². The number of aromatic carboxylic acids is 1. The molecule has 0 unspecified atom stereocenters. The molecule has 1 aromatic carbocycles. The highest BCUT2D eigenvalue weighted by Gasteiger charge is 2.09. The van der Waals surface area contributed by atoms with E-state index < -0.39 is 12.0 Å². The molecule has 3 N–H and O–H groups in total. The fraction of sp³-hybridized carbons (Fsp3) is 0.154. The van der Waals surface area contributed by atoms with Gasteiger partial charge in [0.2, 0.25) is 0 Å². The second-order valence-corrected chi connectivity index (χ2v) is 5.58. The molecule has 0 spiro atoms. The largest absolute Gasteiger partial charge is 0.478 e. The minimum Gasteiger partial charge on any atom is -0.478 e. The summed E-state index contributed by atoms with van der Waals surface area (Å²) < 4.78 is 0. The lowest BCUT2D eigenvalue weighted by molar-refractivity contribution is 0.0697. The molecule has 0 fully saturated rings. The third-order valence-corrected chi connectivity index (χ3v) is 3.81. The molecule has 1 heterocycles. The van der Waals surface area contributed by atoms with Crippen molar-refractivity contribution in [1.29, 1.82) is 0 Å². The van der Waals surface area contributed by atoms with E-state index in [4.69, 9.17) is 16.7 Å². The number of anilines is 1. The Morgan fingerprint density at radius 3 is 2.76 bits per heavy atom. The van der Waals surface area contributed by atoms with Crippen molar-refractivity contribution in [2.45, 2.75) is 13.5 Å². The number of carbonyl (C=O) groups is 2. The number of nitrogens with zero attached hydrogens (tertiary/aromatic N) is 1. The van der Waals surface area contributed by atoms with E-state index >= 15 is 0 Å². The summed E-state index contributed by atoms with van der Waals surface area (Å²) in [5.74, 6) is -1.11. The number of hydrogen-bond acceptors (Lipinski definition) is 4. The van der Waals surface area contributed by atoms with Crippen molar-refractivity contribution >= 4 is 40.6 Å². The second kappa shape index (κ2) is 6.55. The highest BCUT2D eigenvalue weighted by atomic mass is 35.5. The topological polar surface area (TPSA) is 91.3 Å². The molecular formula is C13H12ClN3O3S. The number of hydrogen-bond donors (Lipinski definition) is 3. The number of benzene rings is 1. The number of amides is 2. The molecule has 0 saturated carbocycles. The number of urea groups is 1. The van der Waals surface area contributed by atoms with Gasteiger partial charge in [-0.25, -0.2) is 14.6 Å². The predicted octanol–water partition coefficient (Wildman–Crippen LogP) is 3.12. The van der Waals surface area contributed by atoms with Gasteiger partial charge in [0.1, 0.15) is 0 Å². The minimum atomic E-state index is -1.11. The number of rotatable bonds is 4. The average Bonchev–Trinajstić information content (AvgIpc) is 2.81. The molecule has 0 bridgehead atoms. The van der Waals surface area contributed by atoms with Gasteiger partial charge in [-0.15, -0.1) is 11.3 Å². The van der Waals surface area contributed by atoms with Crippen molar-refractivity contribution in [1.82, 2.24) is 10.3 Å². The van der Waals surface area contributed by atoms with E-state index in [1.165, 1.54) is 29.5 Å². The van der Waals surface area contributed by atoms with Crippen LogP contribution in [-0.2, 0) is 6.54 Å². The Bertz CT molecular complexity index is 687. The highest BCUT2D eigenvalue weighted by Crippen LogP contribution is 2.19. The number of carboxylic acid groups (broad SMARTS) is 1. The zero-order valence-electron chi connectivity index (χ0n) is 11.0. The van der Waals surface area contributed by atoms with E-state index in [2.05, 4.69) is 15.6 Å². The van der Waals surface area contributed by atoms with Crippen molar-refractivity contribution in [3.63, 3.8) is 0 Å². The Hall–Kier alpha value is -2.12. The Balaban J connectivity index is 1.99. The monoisotopic (exact) mass is 325 g/mol. The first-order chi connectivity index (χ1) is 9.95. The number of halogens is 1. The number of thiazole rings is 1. The minimum absolute atomic E-state index is 0.0103. The van der Waals surface area contributed by atoms with Gasteiger partial charge in [-0.2, -0.15) is 0 Å². The van der Waals surface area contributed by atoms with Crippen molar-refractivity contribution in [3.8, 4) is 0 Å². The quantitative estimate of drug-likeness (QED) is 0.805. The van der Waals surface area contributed by atoms with E-state index in [-0.39, 0.29) is 10.6 Å². The van der Waals surface area contributed by atoms with Gasteiger partial charge in [-0.05, 0) is 25.1 Å². The van der Waals surface area contributed by atoms with Gasteiger partial charge in [-0.3, -0.25) is 0 Å². The van der Waals surface area contributed by atoms with Crippen molar-refractivity contribution < 1.29 is 14.7 Å². The Morgan fingerprint density at radius 1 is 1.38 bits per heavy atom. The summed E-state index contributed by atoms with van der Waals surface area (Å²) in [6, 6.07) is 3.69. The summed E-state index contributed by atoms with van der Waals surface area (Å²) in [6.45, 7) is 2.22. The molecule has 21 heavy (non-hydrogen) atoms. The van der Waals surface area contributed by atoms with Crippen LogP contribution in [0.5, 0.6) is 0 Å². The third-order valence-electron chi connectivity index (χ3n) is 2.66. The van der Waals surface area contributed by atoms with Crippen LogP contribution in [0.25, 0.3) is 0 Å². The molecule has 1 aromatic heterocycles. The van der Waals surface area contributed by atoms with Crippen LogP contribution >= 0.6 is 22.9 Å². The summed E-state index contributed by atoms with van der Waals surface area (Å²) in [4.78, 5) is 27.7. The smallest absolute Gasteiger partial charge is 0.335 e. The highest BCUT2D eigenvalue weighted by molar-refractivity contribution is 7.09. The van der Waals surface area contributed by atoms with Crippen LogP contribution in [0.4, 0.5) is 10.5 Å². The zero-order valence-corrected chi connectivity index (χ0v) is 12.6. The Morgan fingerprint density at radius 2 is 2.14 bits per heavy atom. The second-order valence-electron chi connectivity index (χ2n) is 4.20. The fourth-order valence-electron chi connectivity index (χ4n) is 1.62. The van der Waals surface area contributed by atoms with Gasteiger partial charge in [0.25, 0.3) is 0 Å². The summed E-state index contributed by atoms with van der Waals surface area (Å²) >= 11 is 7.27. The van der Waals surface area contributed by atoms with Gasteiger partial charge < -0.3 is 15.7 Å². The van der Waals surface area contributed by atoms with E-state index in [0.717, 1.165) is 10.6 Å². The molecular weight excluding hydrogens is 314 g/mol. The zero-order chi connectivity index (χ0) is 15.4. The van der Waals surface area contributed by atoms with Crippen LogP contribution in [-0.4, -0.2) is 22.1 Å². The fourth-order valence-corrected chi connectivity index (χ4v) is 2.57.